The van der Waals surface area contributed by atoms with Crippen LogP contribution in [0, 0.1) is 6.92 Å². The van der Waals surface area contributed by atoms with E-state index in [0.717, 1.165) is 24.3 Å². The Morgan fingerprint density at radius 1 is 1.50 bits per heavy atom. The van der Waals surface area contributed by atoms with Crippen molar-refractivity contribution in [3.8, 4) is 0 Å². The van der Waals surface area contributed by atoms with E-state index in [-0.39, 0.29) is 0 Å². The van der Waals surface area contributed by atoms with Crippen molar-refractivity contribution in [1.82, 2.24) is 0 Å². The molecule has 0 fully saturated rings. The Balaban J connectivity index is 2.49. The topological polar surface area (TPSA) is 0 Å². The number of rotatable bonds is 3. The van der Waals surface area contributed by atoms with Gasteiger partial charge < -0.3 is 0 Å². The van der Waals surface area contributed by atoms with Gasteiger partial charge in [-0.15, -0.1) is 0 Å². The highest BCUT2D eigenvalue weighted by Crippen LogP contribution is 2.21. The fourth-order valence-electron chi connectivity index (χ4n) is 0.802. The summed E-state index contributed by atoms with van der Waals surface area (Å²) in [6.45, 7) is 3.78. The molecule has 1 heterocycles. The van der Waals surface area contributed by atoms with Crippen molar-refractivity contribution in [3.63, 3.8) is 0 Å². The quantitative estimate of drug-likeness (QED) is 0.656. The fourth-order valence-corrected chi connectivity index (χ4v) is 1.92. The molecular formula is C8H10ClS. The first-order valence-corrected chi connectivity index (χ1v) is 4.66. The normalized spacial score (nSPS) is 10.2. The monoisotopic (exact) mass is 173 g/mol. The standard InChI is InChI=1S/C8H10ClS/c1-2-3-4-7-5-10-6-8(7)9/h5-6H,1-4H2. The van der Waals surface area contributed by atoms with E-state index in [0.29, 0.717) is 0 Å². The Morgan fingerprint density at radius 3 is 2.80 bits per heavy atom. The molecule has 0 saturated heterocycles. The van der Waals surface area contributed by atoms with E-state index in [9.17, 15) is 0 Å². The highest BCUT2D eigenvalue weighted by molar-refractivity contribution is 7.08. The first-order valence-electron chi connectivity index (χ1n) is 3.34. The maximum atomic E-state index is 5.87. The van der Waals surface area contributed by atoms with Crippen LogP contribution >= 0.6 is 22.9 Å². The maximum absolute atomic E-state index is 5.87. The molecule has 0 saturated carbocycles. The number of hydrogen-bond donors (Lipinski definition) is 0. The first kappa shape index (κ1) is 8.09. The zero-order valence-electron chi connectivity index (χ0n) is 5.77. The van der Waals surface area contributed by atoms with E-state index in [1.807, 2.05) is 5.38 Å². The molecular weight excluding hydrogens is 164 g/mol. The highest BCUT2D eigenvalue weighted by atomic mass is 35.5. The molecule has 0 N–H and O–H groups in total. The molecule has 0 bridgehead atoms. The molecule has 0 aromatic carbocycles. The number of halogens is 1. The molecule has 0 amide bonds. The van der Waals surface area contributed by atoms with Crippen molar-refractivity contribution in [2.75, 3.05) is 0 Å². The smallest absolute Gasteiger partial charge is 0.0544 e. The van der Waals surface area contributed by atoms with E-state index in [1.54, 1.807) is 11.3 Å². The van der Waals surface area contributed by atoms with Crippen molar-refractivity contribution >= 4 is 22.9 Å². The average Bonchev–Trinajstić information content (AvgIpc) is 2.31. The lowest BCUT2D eigenvalue weighted by molar-refractivity contribution is 0.844. The molecule has 55 valence electrons. The minimum absolute atomic E-state index is 0.915. The van der Waals surface area contributed by atoms with E-state index < -0.39 is 0 Å². The molecule has 0 aliphatic heterocycles. The second-order valence-electron chi connectivity index (χ2n) is 2.20. The Morgan fingerprint density at radius 2 is 2.30 bits per heavy atom. The lowest BCUT2D eigenvalue weighted by Gasteiger charge is -1.94. The SMILES string of the molecule is [CH2]CCCc1cscc1Cl. The largest absolute Gasteiger partial charge is 0.151 e. The Bertz CT molecular complexity index is 193. The van der Waals surface area contributed by atoms with Crippen LogP contribution in [0.15, 0.2) is 10.8 Å². The molecule has 1 aromatic heterocycles. The van der Waals surface area contributed by atoms with Gasteiger partial charge in [-0.1, -0.05) is 24.9 Å². The van der Waals surface area contributed by atoms with Gasteiger partial charge >= 0.3 is 0 Å². The van der Waals surface area contributed by atoms with Gasteiger partial charge in [0.2, 0.25) is 0 Å². The summed E-state index contributed by atoms with van der Waals surface area (Å²) >= 11 is 7.53. The van der Waals surface area contributed by atoms with Crippen molar-refractivity contribution in [1.29, 1.82) is 0 Å². The minimum Gasteiger partial charge on any atom is -0.151 e. The van der Waals surface area contributed by atoms with Crippen molar-refractivity contribution < 1.29 is 0 Å². The summed E-state index contributed by atoms with van der Waals surface area (Å²) in [4.78, 5) is 0. The van der Waals surface area contributed by atoms with Crippen LogP contribution in [0.2, 0.25) is 5.02 Å². The van der Waals surface area contributed by atoms with E-state index in [1.165, 1.54) is 5.56 Å². The van der Waals surface area contributed by atoms with Crippen molar-refractivity contribution in [2.45, 2.75) is 19.3 Å². The number of aryl methyl sites for hydroxylation is 1. The van der Waals surface area contributed by atoms with Gasteiger partial charge in [0, 0.05) is 5.38 Å². The van der Waals surface area contributed by atoms with Crippen molar-refractivity contribution in [2.24, 2.45) is 0 Å². The molecule has 1 rings (SSSR count). The van der Waals surface area contributed by atoms with Gasteiger partial charge in [-0.2, -0.15) is 11.3 Å². The first-order chi connectivity index (χ1) is 4.84. The van der Waals surface area contributed by atoms with Gasteiger partial charge in [0.05, 0.1) is 5.02 Å². The maximum Gasteiger partial charge on any atom is 0.0544 e. The van der Waals surface area contributed by atoms with Crippen LogP contribution in [-0.4, -0.2) is 0 Å². The van der Waals surface area contributed by atoms with Crippen LogP contribution in [0.25, 0.3) is 0 Å². The summed E-state index contributed by atoms with van der Waals surface area (Å²) in [7, 11) is 0. The summed E-state index contributed by atoms with van der Waals surface area (Å²) < 4.78 is 0. The lowest BCUT2D eigenvalue weighted by Crippen LogP contribution is -1.80. The molecule has 0 nitrogen and oxygen atoms in total. The van der Waals surface area contributed by atoms with Gasteiger partial charge in [-0.05, 0) is 23.8 Å². The molecule has 0 unspecified atom stereocenters. The Hall–Kier alpha value is -0.0100. The molecule has 2 heteroatoms. The second kappa shape index (κ2) is 3.99. The molecule has 0 atom stereocenters. The van der Waals surface area contributed by atoms with E-state index in [2.05, 4.69) is 12.3 Å². The fraction of sp³-hybridized carbons (Fsp3) is 0.375. The van der Waals surface area contributed by atoms with Gasteiger partial charge in [0.1, 0.15) is 0 Å². The van der Waals surface area contributed by atoms with Gasteiger partial charge in [0.25, 0.3) is 0 Å². The molecule has 1 radical (unpaired) electrons. The Kier molecular flexibility index (Phi) is 3.23. The summed E-state index contributed by atoms with van der Waals surface area (Å²) in [5.74, 6) is 0. The van der Waals surface area contributed by atoms with E-state index in [4.69, 9.17) is 11.6 Å². The zero-order valence-corrected chi connectivity index (χ0v) is 7.34. The minimum atomic E-state index is 0.915. The van der Waals surface area contributed by atoms with Crippen LogP contribution in [-0.2, 0) is 6.42 Å². The predicted octanol–water partition coefficient (Wildman–Crippen LogP) is 3.56. The van der Waals surface area contributed by atoms with Crippen LogP contribution in [0.3, 0.4) is 0 Å². The number of thiophene rings is 1. The highest BCUT2D eigenvalue weighted by Gasteiger charge is 1.98. The van der Waals surface area contributed by atoms with Crippen LogP contribution in [0.1, 0.15) is 18.4 Å². The summed E-state index contributed by atoms with van der Waals surface area (Å²) in [5, 5.41) is 5.00. The molecule has 0 spiro atoms. The molecule has 1 aromatic rings. The zero-order chi connectivity index (χ0) is 7.40. The summed E-state index contributed by atoms with van der Waals surface area (Å²) in [6, 6.07) is 0. The van der Waals surface area contributed by atoms with E-state index >= 15 is 0 Å². The molecule has 10 heavy (non-hydrogen) atoms. The lowest BCUT2D eigenvalue weighted by atomic mass is 10.2. The second-order valence-corrected chi connectivity index (χ2v) is 3.35. The summed E-state index contributed by atoms with van der Waals surface area (Å²) in [5.41, 5.74) is 1.27. The van der Waals surface area contributed by atoms with Crippen LogP contribution in [0.5, 0.6) is 0 Å². The Labute approximate surface area is 70.8 Å². The molecule has 0 aliphatic rings. The third-order valence-electron chi connectivity index (χ3n) is 1.38. The average molecular weight is 174 g/mol. The van der Waals surface area contributed by atoms with Gasteiger partial charge in [-0.3, -0.25) is 0 Å². The van der Waals surface area contributed by atoms with Crippen LogP contribution in [0.4, 0.5) is 0 Å². The third-order valence-corrected chi connectivity index (χ3v) is 2.66. The van der Waals surface area contributed by atoms with Crippen molar-refractivity contribution in [3.05, 3.63) is 28.3 Å². The van der Waals surface area contributed by atoms with Gasteiger partial charge in [0.15, 0.2) is 0 Å². The molecule has 0 aliphatic carbocycles. The third kappa shape index (κ3) is 1.99. The summed E-state index contributed by atoms with van der Waals surface area (Å²) in [6.07, 6.45) is 3.20. The number of hydrogen-bond acceptors (Lipinski definition) is 1. The van der Waals surface area contributed by atoms with Crippen LogP contribution < -0.4 is 0 Å². The predicted molar refractivity (Wildman–Crippen MR) is 47.6 cm³/mol. The van der Waals surface area contributed by atoms with Gasteiger partial charge in [-0.25, -0.2) is 0 Å². The number of unbranched alkanes of at least 4 members (excludes halogenated alkanes) is 1.